The second kappa shape index (κ2) is 7.87. The molecule has 0 N–H and O–H groups in total. The Labute approximate surface area is 153 Å². The number of aromatic nitrogens is 4. The molecule has 0 aliphatic carbocycles. The average Bonchev–Trinajstić information content (AvgIpc) is 3.32. The van der Waals surface area contributed by atoms with Crippen LogP contribution < -0.4 is 4.74 Å². The van der Waals surface area contributed by atoms with Crippen molar-refractivity contribution in [1.82, 2.24) is 20.2 Å². The van der Waals surface area contributed by atoms with E-state index in [9.17, 15) is 9.59 Å². The molecule has 0 aliphatic rings. The number of tetrazole rings is 1. The first-order chi connectivity index (χ1) is 12.6. The lowest BCUT2D eigenvalue weighted by molar-refractivity contribution is -0.147. The maximum atomic E-state index is 12.3. The number of nitrogens with zero attached hydrogens (tertiary/aromatic N) is 4. The van der Waals surface area contributed by atoms with Crippen LogP contribution in [0.3, 0.4) is 0 Å². The second-order valence-electron chi connectivity index (χ2n) is 5.35. The Morgan fingerprint density at radius 1 is 1.23 bits per heavy atom. The van der Waals surface area contributed by atoms with Gasteiger partial charge >= 0.3 is 5.97 Å². The Morgan fingerprint density at radius 2 is 2.00 bits per heavy atom. The molecule has 2 heterocycles. The molecule has 3 aromatic rings. The van der Waals surface area contributed by atoms with Crippen LogP contribution >= 0.6 is 11.3 Å². The summed E-state index contributed by atoms with van der Waals surface area (Å²) in [6.45, 7) is 1.30. The molecule has 1 aromatic carbocycles. The topological polar surface area (TPSA) is 96.2 Å². The number of hydrogen-bond acceptors (Lipinski definition) is 8. The van der Waals surface area contributed by atoms with E-state index in [1.165, 1.54) is 18.3 Å². The number of rotatable bonds is 7. The van der Waals surface area contributed by atoms with Gasteiger partial charge in [0.1, 0.15) is 5.75 Å². The summed E-state index contributed by atoms with van der Waals surface area (Å²) in [6.07, 6.45) is -0.920. The molecule has 9 heteroatoms. The van der Waals surface area contributed by atoms with Gasteiger partial charge < -0.3 is 9.47 Å². The third kappa shape index (κ3) is 4.12. The molecular weight excluding hydrogens is 356 g/mol. The fourth-order valence-electron chi connectivity index (χ4n) is 2.21. The normalized spacial score (nSPS) is 11.8. The molecule has 134 valence electrons. The van der Waals surface area contributed by atoms with Crippen LogP contribution in [0.25, 0.3) is 10.7 Å². The molecule has 0 saturated carbocycles. The van der Waals surface area contributed by atoms with Gasteiger partial charge in [-0.05, 0) is 47.8 Å². The highest BCUT2D eigenvalue weighted by Crippen LogP contribution is 2.19. The average molecular weight is 372 g/mol. The van der Waals surface area contributed by atoms with Crippen molar-refractivity contribution in [2.45, 2.75) is 19.6 Å². The van der Waals surface area contributed by atoms with Gasteiger partial charge in [0.15, 0.2) is 12.6 Å². The fraction of sp³-hybridized carbons (Fsp3) is 0.235. The minimum Gasteiger partial charge on any atom is -0.497 e. The van der Waals surface area contributed by atoms with Crippen molar-refractivity contribution >= 4 is 23.1 Å². The highest BCUT2D eigenvalue weighted by atomic mass is 32.1. The molecule has 8 nitrogen and oxygen atoms in total. The molecule has 2 aromatic heterocycles. The zero-order valence-corrected chi connectivity index (χ0v) is 15.0. The van der Waals surface area contributed by atoms with Crippen LogP contribution in [0.5, 0.6) is 5.75 Å². The third-order valence-electron chi connectivity index (χ3n) is 3.52. The van der Waals surface area contributed by atoms with Gasteiger partial charge in [-0.1, -0.05) is 6.07 Å². The van der Waals surface area contributed by atoms with Gasteiger partial charge in [-0.2, -0.15) is 4.80 Å². The SMILES string of the molecule is COc1ccc(C(=O)[C@H](C)OC(=O)Cn2nnc(-c3cccs3)n2)cc1. The number of benzene rings is 1. The van der Waals surface area contributed by atoms with E-state index in [0.29, 0.717) is 17.1 Å². The van der Waals surface area contributed by atoms with Gasteiger partial charge in [0.2, 0.25) is 11.6 Å². The van der Waals surface area contributed by atoms with Crippen LogP contribution in [0.15, 0.2) is 41.8 Å². The summed E-state index contributed by atoms with van der Waals surface area (Å²) in [7, 11) is 1.54. The number of carbonyl (C=O) groups is 2. The Bertz CT molecular complexity index is 890. The van der Waals surface area contributed by atoms with E-state index in [1.807, 2.05) is 17.5 Å². The number of esters is 1. The van der Waals surface area contributed by atoms with Crippen molar-refractivity contribution in [2.75, 3.05) is 7.11 Å². The predicted molar refractivity (Wildman–Crippen MR) is 94.0 cm³/mol. The van der Waals surface area contributed by atoms with E-state index in [4.69, 9.17) is 9.47 Å². The van der Waals surface area contributed by atoms with Gasteiger partial charge in [0.05, 0.1) is 12.0 Å². The van der Waals surface area contributed by atoms with E-state index in [2.05, 4.69) is 15.4 Å². The van der Waals surface area contributed by atoms with Crippen molar-refractivity contribution in [3.05, 3.63) is 47.3 Å². The zero-order valence-electron chi connectivity index (χ0n) is 14.2. The quantitative estimate of drug-likeness (QED) is 0.463. The van der Waals surface area contributed by atoms with Crippen LogP contribution in [0.1, 0.15) is 17.3 Å². The van der Waals surface area contributed by atoms with Gasteiger partial charge in [0, 0.05) is 5.56 Å². The van der Waals surface area contributed by atoms with Gasteiger partial charge in [0.25, 0.3) is 0 Å². The van der Waals surface area contributed by atoms with Gasteiger partial charge in [-0.3, -0.25) is 4.79 Å². The number of ether oxygens (including phenoxy) is 2. The largest absolute Gasteiger partial charge is 0.497 e. The summed E-state index contributed by atoms with van der Waals surface area (Å²) in [5, 5.41) is 13.7. The molecule has 0 aliphatic heterocycles. The molecule has 0 bridgehead atoms. The molecule has 0 saturated heterocycles. The third-order valence-corrected chi connectivity index (χ3v) is 4.38. The van der Waals surface area contributed by atoms with Crippen LogP contribution in [0.4, 0.5) is 0 Å². The molecule has 3 rings (SSSR count). The van der Waals surface area contributed by atoms with Gasteiger partial charge in [-0.15, -0.1) is 21.5 Å². The Kier molecular flexibility index (Phi) is 5.37. The molecule has 0 fully saturated rings. The summed E-state index contributed by atoms with van der Waals surface area (Å²) in [6, 6.07) is 10.3. The van der Waals surface area contributed by atoms with E-state index < -0.39 is 12.1 Å². The lowest BCUT2D eigenvalue weighted by Gasteiger charge is -2.12. The summed E-state index contributed by atoms with van der Waals surface area (Å²) in [4.78, 5) is 26.4. The second-order valence-corrected chi connectivity index (χ2v) is 6.29. The minimum absolute atomic E-state index is 0.224. The number of methoxy groups -OCH3 is 1. The van der Waals surface area contributed by atoms with Crippen molar-refractivity contribution < 1.29 is 19.1 Å². The standard InChI is InChI=1S/C17H16N4O4S/c1-11(16(23)12-5-7-13(24-2)8-6-12)25-15(22)10-21-19-17(18-20-21)14-4-3-9-26-14/h3-9,11H,10H2,1-2H3/t11-/m0/s1. The van der Waals surface area contributed by atoms with E-state index in [1.54, 1.807) is 31.4 Å². The molecule has 1 atom stereocenters. The first-order valence-electron chi connectivity index (χ1n) is 7.76. The first-order valence-corrected chi connectivity index (χ1v) is 8.64. The molecule has 0 amide bonds. The maximum absolute atomic E-state index is 12.3. The van der Waals surface area contributed by atoms with Crippen molar-refractivity contribution in [1.29, 1.82) is 0 Å². The van der Waals surface area contributed by atoms with Crippen molar-refractivity contribution in [3.8, 4) is 16.5 Å². The lowest BCUT2D eigenvalue weighted by atomic mass is 10.1. The Morgan fingerprint density at radius 3 is 2.65 bits per heavy atom. The number of ketones is 1. The molecular formula is C17H16N4O4S. The molecule has 0 radical (unpaired) electrons. The zero-order chi connectivity index (χ0) is 18.5. The number of hydrogen-bond donors (Lipinski definition) is 0. The van der Waals surface area contributed by atoms with Crippen LogP contribution in [-0.4, -0.2) is 45.2 Å². The Balaban J connectivity index is 1.57. The van der Waals surface area contributed by atoms with E-state index >= 15 is 0 Å². The van der Waals surface area contributed by atoms with Gasteiger partial charge in [-0.25, -0.2) is 4.79 Å². The summed E-state index contributed by atoms with van der Waals surface area (Å²) >= 11 is 1.47. The predicted octanol–water partition coefficient (Wildman–Crippen LogP) is 2.22. The van der Waals surface area contributed by atoms with E-state index in [0.717, 1.165) is 9.67 Å². The smallest absolute Gasteiger partial charge is 0.330 e. The van der Waals surface area contributed by atoms with Crippen LogP contribution in [0, 0.1) is 0 Å². The summed E-state index contributed by atoms with van der Waals surface area (Å²) in [5.74, 6) is 0.168. The van der Waals surface area contributed by atoms with Crippen molar-refractivity contribution in [2.24, 2.45) is 0 Å². The lowest BCUT2D eigenvalue weighted by Crippen LogP contribution is -2.27. The molecule has 0 spiro atoms. The van der Waals surface area contributed by atoms with Crippen LogP contribution in [-0.2, 0) is 16.1 Å². The number of Topliss-reactive ketones (excluding diaryl/α,β-unsaturated/α-hetero) is 1. The maximum Gasteiger partial charge on any atom is 0.330 e. The minimum atomic E-state index is -0.920. The highest BCUT2D eigenvalue weighted by molar-refractivity contribution is 7.13. The monoisotopic (exact) mass is 372 g/mol. The van der Waals surface area contributed by atoms with Crippen LogP contribution in [0.2, 0.25) is 0 Å². The Hall–Kier alpha value is -3.07. The fourth-order valence-corrected chi connectivity index (χ4v) is 2.86. The van der Waals surface area contributed by atoms with Crippen molar-refractivity contribution in [3.63, 3.8) is 0 Å². The molecule has 26 heavy (non-hydrogen) atoms. The highest BCUT2D eigenvalue weighted by Gasteiger charge is 2.20. The molecule has 0 unspecified atom stereocenters. The first kappa shape index (κ1) is 17.7. The summed E-state index contributed by atoms with van der Waals surface area (Å²) in [5.41, 5.74) is 0.435. The number of thiophene rings is 1. The van der Waals surface area contributed by atoms with E-state index in [-0.39, 0.29) is 12.3 Å². The summed E-state index contributed by atoms with van der Waals surface area (Å²) < 4.78 is 10.2. The number of carbonyl (C=O) groups excluding carboxylic acids is 2.